The third-order valence-electron chi connectivity index (χ3n) is 8.51. The SMILES string of the molecule is CNCc1cc(O)cc([C@@H](NC)O[C@@H]2CCCCSSCc3c(ccc4ccc(O)cc34)-c3c(ccc(O)c3OC)CCC(=O)C2)c1. The molecule has 1 aliphatic heterocycles. The van der Waals surface area contributed by atoms with Crippen LogP contribution in [0.1, 0.15) is 60.6 Å². The van der Waals surface area contributed by atoms with Crippen molar-refractivity contribution in [3.63, 3.8) is 0 Å². The number of aromatic hydroxyl groups is 3. The van der Waals surface area contributed by atoms with Crippen LogP contribution in [0.3, 0.4) is 0 Å². The fourth-order valence-electron chi connectivity index (χ4n) is 6.29. The minimum Gasteiger partial charge on any atom is -0.508 e. The van der Waals surface area contributed by atoms with Gasteiger partial charge in [0.15, 0.2) is 11.5 Å². The molecule has 0 saturated heterocycles. The first-order valence-electron chi connectivity index (χ1n) is 16.0. The van der Waals surface area contributed by atoms with E-state index in [9.17, 15) is 20.1 Å². The second-order valence-corrected chi connectivity index (χ2v) is 14.4. The van der Waals surface area contributed by atoms with Gasteiger partial charge < -0.3 is 30.1 Å². The van der Waals surface area contributed by atoms with E-state index in [1.54, 1.807) is 59.0 Å². The van der Waals surface area contributed by atoms with Gasteiger partial charge in [0.1, 0.15) is 23.5 Å². The normalized spacial score (nSPS) is 17.2. The number of Topliss-reactive ketones (excluding diaryl/α,β-unsaturated/α-hetero) is 1. The zero-order valence-corrected chi connectivity index (χ0v) is 28.8. The van der Waals surface area contributed by atoms with Crippen LogP contribution >= 0.6 is 21.6 Å². The van der Waals surface area contributed by atoms with E-state index < -0.39 is 6.23 Å². The monoisotopic (exact) mass is 676 g/mol. The maximum Gasteiger partial charge on any atom is 0.168 e. The Bertz CT molecular complexity index is 1700. The number of nitrogens with one attached hydrogen (secondary N) is 2. The Morgan fingerprint density at radius 2 is 1.77 bits per heavy atom. The minimum atomic E-state index is -0.482. The Balaban J connectivity index is 1.46. The van der Waals surface area contributed by atoms with Crippen molar-refractivity contribution in [2.24, 2.45) is 0 Å². The molecule has 4 aromatic carbocycles. The van der Waals surface area contributed by atoms with E-state index >= 15 is 0 Å². The van der Waals surface area contributed by atoms with Gasteiger partial charge in [0, 0.05) is 36.5 Å². The van der Waals surface area contributed by atoms with Crippen LogP contribution < -0.4 is 15.4 Å². The van der Waals surface area contributed by atoms with Gasteiger partial charge in [-0.15, -0.1) is 0 Å². The molecule has 250 valence electrons. The number of rotatable bonds is 7. The molecule has 1 heterocycles. The Morgan fingerprint density at radius 1 is 0.936 bits per heavy atom. The molecule has 0 saturated carbocycles. The summed E-state index contributed by atoms with van der Waals surface area (Å²) in [5.41, 5.74) is 5.39. The molecule has 10 heteroatoms. The summed E-state index contributed by atoms with van der Waals surface area (Å²) in [6.45, 7) is 0.614. The lowest BCUT2D eigenvalue weighted by Gasteiger charge is -2.26. The van der Waals surface area contributed by atoms with E-state index in [4.69, 9.17) is 9.47 Å². The lowest BCUT2D eigenvalue weighted by molar-refractivity contribution is -0.124. The number of carbonyl (C=O) groups excluding carboxylic acids is 1. The van der Waals surface area contributed by atoms with Crippen molar-refractivity contribution < 1.29 is 29.6 Å². The second kappa shape index (κ2) is 16.6. The summed E-state index contributed by atoms with van der Waals surface area (Å²) in [4.78, 5) is 13.6. The predicted octanol–water partition coefficient (Wildman–Crippen LogP) is 7.61. The zero-order valence-electron chi connectivity index (χ0n) is 27.2. The maximum absolute atomic E-state index is 13.6. The molecule has 0 bridgehead atoms. The van der Waals surface area contributed by atoms with Crippen molar-refractivity contribution in [1.29, 1.82) is 0 Å². The van der Waals surface area contributed by atoms with E-state index in [-0.39, 0.29) is 35.6 Å². The Labute approximate surface area is 284 Å². The van der Waals surface area contributed by atoms with E-state index in [0.717, 1.165) is 69.2 Å². The Morgan fingerprint density at radius 3 is 2.55 bits per heavy atom. The number of benzene rings is 4. The third-order valence-corrected chi connectivity index (χ3v) is 10.9. The van der Waals surface area contributed by atoms with Gasteiger partial charge >= 0.3 is 0 Å². The number of hydrogen-bond acceptors (Lipinski definition) is 10. The van der Waals surface area contributed by atoms with Gasteiger partial charge in [-0.1, -0.05) is 58.3 Å². The van der Waals surface area contributed by atoms with Gasteiger partial charge in [-0.25, -0.2) is 0 Å². The van der Waals surface area contributed by atoms with E-state index in [0.29, 0.717) is 30.9 Å². The molecular weight excluding hydrogens is 633 g/mol. The number of phenolic OH excluding ortho intramolecular Hbond substituents is 3. The van der Waals surface area contributed by atoms with Crippen molar-refractivity contribution in [2.75, 3.05) is 27.0 Å². The number of hydrogen-bond donors (Lipinski definition) is 5. The standard InChI is InChI=1S/C37H44N2O6S2/c1-38-21-23-16-26(18-29(42)17-23)37(39-2)45-30-6-4-5-15-46-47-22-33-31(13-9-24-7-11-28(41)20-32(24)33)35-25(8-12-27(40)19-30)10-14-34(43)36(35)44-3/h7,9-11,13-14,16-18,20,30,37-39,41-43H,4-6,8,12,15,19,21-22H2,1-3H3/t30-,37+/m1/s1. The van der Waals surface area contributed by atoms with Crippen LogP contribution in [-0.2, 0) is 28.2 Å². The van der Waals surface area contributed by atoms with Crippen LogP contribution in [0.15, 0.2) is 60.7 Å². The van der Waals surface area contributed by atoms with E-state index in [1.165, 1.54) is 0 Å². The summed E-state index contributed by atoms with van der Waals surface area (Å²) in [6, 6.07) is 18.4. The smallest absolute Gasteiger partial charge is 0.168 e. The fraction of sp³-hybridized carbons (Fsp3) is 0.378. The molecule has 0 unspecified atom stereocenters. The maximum atomic E-state index is 13.6. The number of fused-ring (bicyclic) bond motifs is 5. The number of phenols is 3. The summed E-state index contributed by atoms with van der Waals surface area (Å²) < 4.78 is 12.3. The van der Waals surface area contributed by atoms with Crippen molar-refractivity contribution in [3.05, 3.63) is 82.9 Å². The van der Waals surface area contributed by atoms with Crippen LogP contribution in [0.25, 0.3) is 21.9 Å². The highest BCUT2D eigenvalue weighted by molar-refractivity contribution is 8.76. The minimum absolute atomic E-state index is 0.0346. The zero-order chi connectivity index (χ0) is 33.3. The molecule has 0 amide bonds. The van der Waals surface area contributed by atoms with Crippen molar-refractivity contribution in [2.45, 2.75) is 63.2 Å². The number of aryl methyl sites for hydroxylation is 1. The highest BCUT2D eigenvalue weighted by atomic mass is 33.1. The van der Waals surface area contributed by atoms with Gasteiger partial charge in [-0.2, -0.15) is 0 Å². The van der Waals surface area contributed by atoms with Crippen LogP contribution in [0.5, 0.6) is 23.0 Å². The molecule has 0 fully saturated rings. The summed E-state index contributed by atoms with van der Waals surface area (Å²) in [5, 5.41) is 39.9. The van der Waals surface area contributed by atoms with Crippen molar-refractivity contribution in [3.8, 4) is 34.1 Å². The molecule has 5 N–H and O–H groups in total. The topological polar surface area (TPSA) is 120 Å². The number of methoxy groups -OCH3 is 1. The number of ether oxygens (including phenoxy) is 2. The quantitative estimate of drug-likeness (QED) is 0.0988. The van der Waals surface area contributed by atoms with Gasteiger partial charge in [0.05, 0.1) is 13.2 Å². The van der Waals surface area contributed by atoms with E-state index in [1.807, 2.05) is 38.4 Å². The Hall–Kier alpha value is -3.41. The highest BCUT2D eigenvalue weighted by Crippen LogP contribution is 2.45. The van der Waals surface area contributed by atoms with Gasteiger partial charge in [0.2, 0.25) is 0 Å². The van der Waals surface area contributed by atoms with E-state index in [2.05, 4.69) is 16.7 Å². The van der Waals surface area contributed by atoms with Crippen LogP contribution in [-0.4, -0.2) is 54.2 Å². The third kappa shape index (κ3) is 8.74. The summed E-state index contributed by atoms with van der Waals surface area (Å²) in [5.74, 6) is 2.49. The first kappa shape index (κ1) is 34.9. The van der Waals surface area contributed by atoms with Crippen molar-refractivity contribution in [1.82, 2.24) is 10.6 Å². The largest absolute Gasteiger partial charge is 0.508 e. The van der Waals surface area contributed by atoms with Crippen LogP contribution in [0, 0.1) is 0 Å². The lowest BCUT2D eigenvalue weighted by atomic mass is 9.89. The first-order chi connectivity index (χ1) is 22.8. The average molecular weight is 677 g/mol. The molecule has 4 aromatic rings. The molecule has 0 radical (unpaired) electrons. The number of ketones is 1. The van der Waals surface area contributed by atoms with Crippen LogP contribution in [0.4, 0.5) is 0 Å². The predicted molar refractivity (Wildman–Crippen MR) is 192 cm³/mol. The molecule has 8 nitrogen and oxygen atoms in total. The lowest BCUT2D eigenvalue weighted by Crippen LogP contribution is -2.28. The van der Waals surface area contributed by atoms with Gasteiger partial charge in [0.25, 0.3) is 0 Å². The molecule has 2 atom stereocenters. The Kier molecular flexibility index (Phi) is 12.3. The van der Waals surface area contributed by atoms with Crippen LogP contribution in [0.2, 0.25) is 0 Å². The van der Waals surface area contributed by atoms with Gasteiger partial charge in [-0.3, -0.25) is 10.1 Å². The first-order valence-corrected chi connectivity index (χ1v) is 18.5. The molecule has 0 spiro atoms. The number of carbonyl (C=O) groups is 1. The van der Waals surface area contributed by atoms with Crippen molar-refractivity contribution >= 4 is 38.1 Å². The second-order valence-electron chi connectivity index (χ2n) is 11.9. The molecule has 0 aromatic heterocycles. The summed E-state index contributed by atoms with van der Waals surface area (Å²) in [6.07, 6.45) is 2.89. The van der Waals surface area contributed by atoms with Gasteiger partial charge in [-0.05, 0) is 102 Å². The average Bonchev–Trinajstić information content (AvgIpc) is 3.05. The molecule has 47 heavy (non-hydrogen) atoms. The summed E-state index contributed by atoms with van der Waals surface area (Å²) >= 11 is 0. The fourth-order valence-corrected chi connectivity index (χ4v) is 8.55. The molecule has 1 aliphatic rings. The highest BCUT2D eigenvalue weighted by Gasteiger charge is 2.24. The molecule has 0 aliphatic carbocycles. The molecule has 5 rings (SSSR count). The molecular formula is C37H44N2O6S2. The summed E-state index contributed by atoms with van der Waals surface area (Å²) in [7, 11) is 8.80.